The fraction of sp³-hybridized carbons (Fsp3) is 1.00. The minimum absolute atomic E-state index is 0.237. The van der Waals surface area contributed by atoms with Gasteiger partial charge in [0, 0.05) is 25.7 Å². The first-order valence-electron chi connectivity index (χ1n) is 6.56. The molecule has 5 nitrogen and oxygen atoms in total. The highest BCUT2D eigenvalue weighted by molar-refractivity contribution is 7.90. The van der Waals surface area contributed by atoms with E-state index in [2.05, 4.69) is 21.9 Å². The summed E-state index contributed by atoms with van der Waals surface area (Å²) in [6.07, 6.45) is 3.27. The highest BCUT2D eigenvalue weighted by Crippen LogP contribution is 2.25. The fourth-order valence-electron chi connectivity index (χ4n) is 2.38. The van der Waals surface area contributed by atoms with Gasteiger partial charge in [0.2, 0.25) is 10.0 Å². The molecule has 1 unspecified atom stereocenters. The van der Waals surface area contributed by atoms with Crippen molar-refractivity contribution in [2.45, 2.75) is 37.5 Å². The molecule has 0 spiro atoms. The molecule has 0 aromatic rings. The van der Waals surface area contributed by atoms with Gasteiger partial charge in [-0.15, -0.1) is 0 Å². The minimum Gasteiger partial charge on any atom is -0.315 e. The second-order valence-corrected chi connectivity index (χ2v) is 6.96. The van der Waals surface area contributed by atoms with Gasteiger partial charge in [-0.25, -0.2) is 13.1 Å². The van der Waals surface area contributed by atoms with Gasteiger partial charge in [0.1, 0.15) is 0 Å². The summed E-state index contributed by atoms with van der Waals surface area (Å²) in [5.74, 6) is 0. The largest absolute Gasteiger partial charge is 0.315 e. The van der Waals surface area contributed by atoms with E-state index in [0.717, 1.165) is 26.1 Å². The van der Waals surface area contributed by atoms with Crippen LogP contribution in [-0.4, -0.2) is 57.3 Å². The molecule has 1 aliphatic heterocycles. The van der Waals surface area contributed by atoms with E-state index in [9.17, 15) is 8.42 Å². The summed E-state index contributed by atoms with van der Waals surface area (Å²) in [4.78, 5) is 2.36. The number of rotatable bonds is 7. The van der Waals surface area contributed by atoms with Crippen molar-refractivity contribution in [2.75, 3.05) is 32.7 Å². The number of nitrogens with one attached hydrogen (secondary N) is 2. The molecule has 2 aliphatic rings. The zero-order chi connectivity index (χ0) is 12.3. The molecular weight excluding hydrogens is 238 g/mol. The second-order valence-electron chi connectivity index (χ2n) is 4.91. The quantitative estimate of drug-likeness (QED) is 0.663. The highest BCUT2D eigenvalue weighted by Gasteiger charge is 2.30. The molecular formula is C11H23N3O2S. The van der Waals surface area contributed by atoms with Gasteiger partial charge in [-0.05, 0) is 32.4 Å². The second kappa shape index (κ2) is 5.65. The maximum atomic E-state index is 11.9. The van der Waals surface area contributed by atoms with E-state index in [4.69, 9.17) is 0 Å². The van der Waals surface area contributed by atoms with Crippen LogP contribution in [0.3, 0.4) is 0 Å². The van der Waals surface area contributed by atoms with Crippen molar-refractivity contribution in [3.8, 4) is 0 Å². The topological polar surface area (TPSA) is 61.4 Å². The third-order valence-electron chi connectivity index (χ3n) is 3.63. The number of sulfonamides is 1. The Kier molecular flexibility index (Phi) is 4.41. The van der Waals surface area contributed by atoms with Crippen LogP contribution in [-0.2, 0) is 10.0 Å². The van der Waals surface area contributed by atoms with Gasteiger partial charge in [-0.2, -0.15) is 0 Å². The Hall–Kier alpha value is -0.170. The van der Waals surface area contributed by atoms with Gasteiger partial charge < -0.3 is 5.32 Å². The standard InChI is InChI=1S/C11H23N3O2S/c1-2-14(10-3-4-10)8-7-13-17(15,16)11-5-6-12-9-11/h10-13H,2-9H2,1H3. The van der Waals surface area contributed by atoms with Crippen molar-refractivity contribution < 1.29 is 8.42 Å². The van der Waals surface area contributed by atoms with Crippen LogP contribution in [0.2, 0.25) is 0 Å². The number of likely N-dealkylation sites (N-methyl/N-ethyl adjacent to an activating group) is 1. The van der Waals surface area contributed by atoms with Crippen molar-refractivity contribution in [3.05, 3.63) is 0 Å². The van der Waals surface area contributed by atoms with Crippen LogP contribution in [0.15, 0.2) is 0 Å². The lowest BCUT2D eigenvalue weighted by atomic mass is 10.4. The number of nitrogens with zero attached hydrogens (tertiary/aromatic N) is 1. The molecule has 2 rings (SSSR count). The average molecular weight is 261 g/mol. The molecule has 1 saturated carbocycles. The molecule has 1 saturated heterocycles. The average Bonchev–Trinajstić information content (AvgIpc) is 2.96. The van der Waals surface area contributed by atoms with Gasteiger partial charge in [0.15, 0.2) is 0 Å². The first-order valence-corrected chi connectivity index (χ1v) is 8.11. The van der Waals surface area contributed by atoms with Crippen LogP contribution in [0.25, 0.3) is 0 Å². The van der Waals surface area contributed by atoms with Crippen molar-refractivity contribution in [1.29, 1.82) is 0 Å². The monoisotopic (exact) mass is 261 g/mol. The van der Waals surface area contributed by atoms with E-state index >= 15 is 0 Å². The normalized spacial score (nSPS) is 25.6. The summed E-state index contributed by atoms with van der Waals surface area (Å²) in [7, 11) is -3.11. The van der Waals surface area contributed by atoms with Crippen LogP contribution in [0, 0.1) is 0 Å². The Bertz CT molecular complexity index is 335. The van der Waals surface area contributed by atoms with E-state index in [0.29, 0.717) is 19.1 Å². The van der Waals surface area contributed by atoms with Crippen LogP contribution in [0.1, 0.15) is 26.2 Å². The van der Waals surface area contributed by atoms with Gasteiger partial charge in [0.05, 0.1) is 5.25 Å². The molecule has 2 fully saturated rings. The van der Waals surface area contributed by atoms with Gasteiger partial charge in [-0.3, -0.25) is 4.90 Å². The van der Waals surface area contributed by atoms with E-state index in [-0.39, 0.29) is 5.25 Å². The Labute approximate surface area is 104 Å². The maximum Gasteiger partial charge on any atom is 0.215 e. The lowest BCUT2D eigenvalue weighted by Gasteiger charge is -2.20. The summed E-state index contributed by atoms with van der Waals surface area (Å²) in [6, 6.07) is 0.706. The van der Waals surface area contributed by atoms with Crippen molar-refractivity contribution >= 4 is 10.0 Å². The number of hydrogen-bond donors (Lipinski definition) is 2. The molecule has 2 N–H and O–H groups in total. The Morgan fingerprint density at radius 3 is 2.65 bits per heavy atom. The molecule has 0 bridgehead atoms. The molecule has 0 amide bonds. The molecule has 0 aromatic heterocycles. The van der Waals surface area contributed by atoms with Crippen LogP contribution in [0.4, 0.5) is 0 Å². The summed E-state index contributed by atoms with van der Waals surface area (Å²) in [6.45, 7) is 5.93. The van der Waals surface area contributed by atoms with Gasteiger partial charge >= 0.3 is 0 Å². The summed E-state index contributed by atoms with van der Waals surface area (Å²) < 4.78 is 26.6. The zero-order valence-electron chi connectivity index (χ0n) is 10.5. The molecule has 1 heterocycles. The van der Waals surface area contributed by atoms with Crippen LogP contribution < -0.4 is 10.0 Å². The zero-order valence-corrected chi connectivity index (χ0v) is 11.3. The maximum absolute atomic E-state index is 11.9. The van der Waals surface area contributed by atoms with Crippen molar-refractivity contribution in [3.63, 3.8) is 0 Å². The van der Waals surface area contributed by atoms with Crippen molar-refractivity contribution in [2.24, 2.45) is 0 Å². The first kappa shape index (κ1) is 13.3. The third-order valence-corrected chi connectivity index (χ3v) is 5.51. The summed E-state index contributed by atoms with van der Waals surface area (Å²) in [5, 5.41) is 2.85. The predicted molar refractivity (Wildman–Crippen MR) is 68.5 cm³/mol. The lowest BCUT2D eigenvalue weighted by Crippen LogP contribution is -2.40. The summed E-state index contributed by atoms with van der Waals surface area (Å²) in [5.41, 5.74) is 0. The Morgan fingerprint density at radius 2 is 2.12 bits per heavy atom. The molecule has 0 aromatic carbocycles. The van der Waals surface area contributed by atoms with E-state index in [1.54, 1.807) is 0 Å². The first-order chi connectivity index (χ1) is 8.13. The van der Waals surface area contributed by atoms with Crippen LogP contribution in [0.5, 0.6) is 0 Å². The number of hydrogen-bond acceptors (Lipinski definition) is 4. The summed E-state index contributed by atoms with van der Waals surface area (Å²) >= 11 is 0. The molecule has 100 valence electrons. The van der Waals surface area contributed by atoms with E-state index in [1.165, 1.54) is 12.8 Å². The minimum atomic E-state index is -3.11. The molecule has 0 radical (unpaired) electrons. The molecule has 1 aliphatic carbocycles. The third kappa shape index (κ3) is 3.64. The van der Waals surface area contributed by atoms with Crippen molar-refractivity contribution in [1.82, 2.24) is 14.9 Å². The van der Waals surface area contributed by atoms with Gasteiger partial charge in [0.25, 0.3) is 0 Å². The predicted octanol–water partition coefficient (Wildman–Crippen LogP) is -0.248. The lowest BCUT2D eigenvalue weighted by molar-refractivity contribution is 0.282. The fourth-order valence-corrected chi connectivity index (χ4v) is 3.76. The Morgan fingerprint density at radius 1 is 1.35 bits per heavy atom. The van der Waals surface area contributed by atoms with E-state index < -0.39 is 10.0 Å². The SMILES string of the molecule is CCN(CCNS(=O)(=O)C1CCNC1)C1CC1. The highest BCUT2D eigenvalue weighted by atomic mass is 32.2. The Balaban J connectivity index is 1.73. The molecule has 1 atom stereocenters. The van der Waals surface area contributed by atoms with Gasteiger partial charge in [-0.1, -0.05) is 6.92 Å². The smallest absolute Gasteiger partial charge is 0.215 e. The molecule has 6 heteroatoms. The van der Waals surface area contributed by atoms with E-state index in [1.807, 2.05) is 0 Å². The molecule has 17 heavy (non-hydrogen) atoms. The van der Waals surface area contributed by atoms with Crippen LogP contribution >= 0.6 is 0 Å².